The number of carbonyl (C=O) groups excluding carboxylic acids is 1. The lowest BCUT2D eigenvalue weighted by Gasteiger charge is -2.15. The van der Waals surface area contributed by atoms with E-state index < -0.39 is 0 Å². The maximum atomic E-state index is 12.3. The third-order valence-corrected chi connectivity index (χ3v) is 4.71. The van der Waals surface area contributed by atoms with Gasteiger partial charge in [0, 0.05) is 25.9 Å². The maximum absolute atomic E-state index is 12.3. The molecule has 0 unspecified atom stereocenters. The number of aliphatic hydroxyl groups is 1. The standard InChI is InChI=1S/C16H23N3O2S/c1-11-15(12(2)19(3)18-11)16(21)17-7-4-13(5-8-20)14-6-9-22-10-14/h6,9-10,13,20H,4-5,7-8H2,1-3H3,(H,17,21)/t13-/m1/s1. The summed E-state index contributed by atoms with van der Waals surface area (Å²) < 4.78 is 1.73. The molecule has 2 aromatic heterocycles. The van der Waals surface area contributed by atoms with E-state index in [1.807, 2.05) is 26.3 Å². The highest BCUT2D eigenvalue weighted by Crippen LogP contribution is 2.25. The van der Waals surface area contributed by atoms with Crippen molar-refractivity contribution in [1.29, 1.82) is 0 Å². The number of carbonyl (C=O) groups is 1. The number of aromatic nitrogens is 2. The molecule has 1 atom stereocenters. The monoisotopic (exact) mass is 321 g/mol. The molecule has 120 valence electrons. The molecular formula is C16H23N3O2S. The van der Waals surface area contributed by atoms with Gasteiger partial charge in [0.15, 0.2) is 0 Å². The zero-order chi connectivity index (χ0) is 16.1. The van der Waals surface area contributed by atoms with E-state index in [9.17, 15) is 9.90 Å². The number of hydrogen-bond donors (Lipinski definition) is 2. The van der Waals surface area contributed by atoms with Gasteiger partial charge in [-0.2, -0.15) is 16.4 Å². The van der Waals surface area contributed by atoms with Gasteiger partial charge in [-0.05, 0) is 55.0 Å². The molecule has 2 N–H and O–H groups in total. The zero-order valence-electron chi connectivity index (χ0n) is 13.3. The summed E-state index contributed by atoms with van der Waals surface area (Å²) in [6.07, 6.45) is 1.54. The molecule has 0 radical (unpaired) electrons. The Morgan fingerprint density at radius 1 is 1.45 bits per heavy atom. The summed E-state index contributed by atoms with van der Waals surface area (Å²) in [5, 5.41) is 20.6. The predicted octanol–water partition coefficient (Wildman–Crippen LogP) is 2.38. The van der Waals surface area contributed by atoms with Crippen LogP contribution in [0.3, 0.4) is 0 Å². The van der Waals surface area contributed by atoms with Crippen molar-refractivity contribution in [3.63, 3.8) is 0 Å². The van der Waals surface area contributed by atoms with Crippen molar-refractivity contribution < 1.29 is 9.90 Å². The lowest BCUT2D eigenvalue weighted by Crippen LogP contribution is -2.26. The quantitative estimate of drug-likeness (QED) is 0.823. The summed E-state index contributed by atoms with van der Waals surface area (Å²) in [5.74, 6) is 0.212. The average molecular weight is 321 g/mol. The number of nitrogens with zero attached hydrogens (tertiary/aromatic N) is 2. The first-order valence-corrected chi connectivity index (χ1v) is 8.40. The van der Waals surface area contributed by atoms with Crippen molar-refractivity contribution in [1.82, 2.24) is 15.1 Å². The van der Waals surface area contributed by atoms with Crippen LogP contribution < -0.4 is 5.32 Å². The topological polar surface area (TPSA) is 67.2 Å². The van der Waals surface area contributed by atoms with E-state index in [2.05, 4.69) is 21.9 Å². The molecule has 0 saturated carbocycles. The van der Waals surface area contributed by atoms with Crippen molar-refractivity contribution in [3.8, 4) is 0 Å². The average Bonchev–Trinajstić information content (AvgIpc) is 3.07. The van der Waals surface area contributed by atoms with E-state index in [4.69, 9.17) is 0 Å². The van der Waals surface area contributed by atoms with Gasteiger partial charge in [0.2, 0.25) is 0 Å². The highest BCUT2D eigenvalue weighted by atomic mass is 32.1. The lowest BCUT2D eigenvalue weighted by atomic mass is 9.95. The van der Waals surface area contributed by atoms with Gasteiger partial charge >= 0.3 is 0 Å². The Kier molecular flexibility index (Phi) is 5.74. The summed E-state index contributed by atoms with van der Waals surface area (Å²) >= 11 is 1.66. The Bertz CT molecular complexity index is 620. The number of hydrogen-bond acceptors (Lipinski definition) is 4. The number of rotatable bonds is 7. The smallest absolute Gasteiger partial charge is 0.255 e. The molecule has 0 aliphatic heterocycles. The number of thiophene rings is 1. The van der Waals surface area contributed by atoms with Crippen LogP contribution >= 0.6 is 11.3 Å². The van der Waals surface area contributed by atoms with Crippen LogP contribution in [0.1, 0.15) is 46.1 Å². The number of amides is 1. The fraction of sp³-hybridized carbons (Fsp3) is 0.500. The van der Waals surface area contributed by atoms with Crippen LogP contribution in [0.4, 0.5) is 0 Å². The molecule has 0 fully saturated rings. The maximum Gasteiger partial charge on any atom is 0.255 e. The molecule has 2 aromatic rings. The Hall–Kier alpha value is -1.66. The third kappa shape index (κ3) is 3.75. The molecule has 22 heavy (non-hydrogen) atoms. The van der Waals surface area contributed by atoms with Crippen LogP contribution in [0.25, 0.3) is 0 Å². The van der Waals surface area contributed by atoms with Gasteiger partial charge < -0.3 is 10.4 Å². The second-order valence-electron chi connectivity index (χ2n) is 5.48. The minimum atomic E-state index is -0.0730. The van der Waals surface area contributed by atoms with Crippen LogP contribution in [0, 0.1) is 13.8 Å². The van der Waals surface area contributed by atoms with Gasteiger partial charge in [-0.3, -0.25) is 9.48 Å². The van der Waals surface area contributed by atoms with E-state index in [0.717, 1.165) is 24.2 Å². The number of aliphatic hydroxyl groups excluding tert-OH is 1. The minimum Gasteiger partial charge on any atom is -0.396 e. The molecule has 2 rings (SSSR count). The molecule has 0 saturated heterocycles. The molecule has 0 aliphatic carbocycles. The van der Waals surface area contributed by atoms with Crippen molar-refractivity contribution in [3.05, 3.63) is 39.3 Å². The normalized spacial score (nSPS) is 12.4. The summed E-state index contributed by atoms with van der Waals surface area (Å²) in [4.78, 5) is 12.3. The molecule has 5 nitrogen and oxygen atoms in total. The predicted molar refractivity (Wildman–Crippen MR) is 88.4 cm³/mol. The molecule has 0 bridgehead atoms. The van der Waals surface area contributed by atoms with Crippen LogP contribution in [0.5, 0.6) is 0 Å². The Morgan fingerprint density at radius 3 is 2.77 bits per heavy atom. The summed E-state index contributed by atoms with van der Waals surface area (Å²) in [6.45, 7) is 4.50. The minimum absolute atomic E-state index is 0.0730. The van der Waals surface area contributed by atoms with E-state index in [0.29, 0.717) is 12.1 Å². The Morgan fingerprint density at radius 2 is 2.23 bits per heavy atom. The van der Waals surface area contributed by atoms with Crippen molar-refractivity contribution >= 4 is 17.2 Å². The first-order chi connectivity index (χ1) is 10.5. The van der Waals surface area contributed by atoms with Gasteiger partial charge in [-0.15, -0.1) is 0 Å². The molecule has 0 spiro atoms. The molecule has 0 aliphatic rings. The molecule has 2 heterocycles. The summed E-state index contributed by atoms with van der Waals surface area (Å²) in [6, 6.07) is 2.09. The van der Waals surface area contributed by atoms with E-state index in [-0.39, 0.29) is 18.4 Å². The molecule has 6 heteroatoms. The van der Waals surface area contributed by atoms with Gasteiger partial charge in [0.05, 0.1) is 11.3 Å². The van der Waals surface area contributed by atoms with Crippen molar-refractivity contribution in [2.24, 2.45) is 7.05 Å². The van der Waals surface area contributed by atoms with Crippen LogP contribution in [0.15, 0.2) is 16.8 Å². The van der Waals surface area contributed by atoms with Gasteiger partial charge in [0.25, 0.3) is 5.91 Å². The van der Waals surface area contributed by atoms with E-state index >= 15 is 0 Å². The first-order valence-electron chi connectivity index (χ1n) is 7.46. The molecule has 0 aromatic carbocycles. The lowest BCUT2D eigenvalue weighted by molar-refractivity contribution is 0.0951. The number of nitrogens with one attached hydrogen (secondary N) is 1. The third-order valence-electron chi connectivity index (χ3n) is 4.01. The van der Waals surface area contributed by atoms with Crippen LogP contribution in [-0.4, -0.2) is 33.9 Å². The van der Waals surface area contributed by atoms with Crippen molar-refractivity contribution in [2.45, 2.75) is 32.6 Å². The Balaban J connectivity index is 1.93. The fourth-order valence-electron chi connectivity index (χ4n) is 2.69. The summed E-state index contributed by atoms with van der Waals surface area (Å²) in [7, 11) is 1.84. The van der Waals surface area contributed by atoms with Crippen LogP contribution in [0.2, 0.25) is 0 Å². The second kappa shape index (κ2) is 7.56. The SMILES string of the molecule is Cc1nn(C)c(C)c1C(=O)NCC[C@H](CCO)c1ccsc1. The summed E-state index contributed by atoms with van der Waals surface area (Å²) in [5.41, 5.74) is 3.53. The zero-order valence-corrected chi connectivity index (χ0v) is 14.1. The fourth-order valence-corrected chi connectivity index (χ4v) is 3.43. The molecular weight excluding hydrogens is 298 g/mol. The largest absolute Gasteiger partial charge is 0.396 e. The molecule has 1 amide bonds. The van der Waals surface area contributed by atoms with Gasteiger partial charge in [-0.25, -0.2) is 0 Å². The van der Waals surface area contributed by atoms with Crippen LogP contribution in [-0.2, 0) is 7.05 Å². The van der Waals surface area contributed by atoms with E-state index in [1.165, 1.54) is 5.56 Å². The number of aryl methyl sites for hydroxylation is 2. The van der Waals surface area contributed by atoms with E-state index in [1.54, 1.807) is 16.0 Å². The Labute approximate surface area is 135 Å². The van der Waals surface area contributed by atoms with Gasteiger partial charge in [0.1, 0.15) is 0 Å². The van der Waals surface area contributed by atoms with Gasteiger partial charge in [-0.1, -0.05) is 0 Å². The first kappa shape index (κ1) is 16.7. The highest BCUT2D eigenvalue weighted by molar-refractivity contribution is 7.07. The van der Waals surface area contributed by atoms with Crippen molar-refractivity contribution in [2.75, 3.05) is 13.2 Å². The second-order valence-corrected chi connectivity index (χ2v) is 6.26. The highest BCUT2D eigenvalue weighted by Gasteiger charge is 2.18.